The number of carbonyl (C=O) groups excluding carboxylic acids is 2. The molecule has 8 heteroatoms. The molecule has 1 amide bonds. The second-order valence-corrected chi connectivity index (χ2v) is 6.20. The molecule has 1 heterocycles. The number of aromatic amines is 1. The molecule has 0 fully saturated rings. The minimum atomic E-state index is -1.11. The molecule has 2 N–H and O–H groups in total. The van der Waals surface area contributed by atoms with Crippen molar-refractivity contribution in [2.75, 3.05) is 19.5 Å². The van der Waals surface area contributed by atoms with E-state index in [1.165, 1.54) is 21.1 Å². The number of ether oxygens (including phenoxy) is 3. The van der Waals surface area contributed by atoms with Crippen molar-refractivity contribution >= 4 is 28.5 Å². The van der Waals surface area contributed by atoms with Gasteiger partial charge in [-0.3, -0.25) is 9.59 Å². The lowest BCUT2D eigenvalue weighted by Crippen LogP contribution is -2.30. The first-order chi connectivity index (χ1) is 13.9. The van der Waals surface area contributed by atoms with E-state index in [4.69, 9.17) is 14.2 Å². The van der Waals surface area contributed by atoms with Crippen molar-refractivity contribution < 1.29 is 23.8 Å². The highest BCUT2D eigenvalue weighted by Crippen LogP contribution is 2.29. The predicted molar refractivity (Wildman–Crippen MR) is 108 cm³/mol. The van der Waals surface area contributed by atoms with Gasteiger partial charge in [-0.05, 0) is 25.1 Å². The summed E-state index contributed by atoms with van der Waals surface area (Å²) in [6.45, 7) is 1.44. The first-order valence-electron chi connectivity index (χ1n) is 8.79. The number of para-hydroxylation sites is 1. The van der Waals surface area contributed by atoms with Gasteiger partial charge in [0.1, 0.15) is 11.5 Å². The molecule has 0 spiro atoms. The number of fused-ring (bicyclic) bond motifs is 1. The maximum atomic E-state index is 12.6. The Kier molecular flexibility index (Phi) is 5.82. The highest BCUT2D eigenvalue weighted by Gasteiger charge is 2.22. The number of carbonyl (C=O) groups is 2. The van der Waals surface area contributed by atoms with Crippen LogP contribution in [0, 0.1) is 0 Å². The summed E-state index contributed by atoms with van der Waals surface area (Å²) < 4.78 is 15.7. The van der Waals surface area contributed by atoms with E-state index >= 15 is 0 Å². The number of methoxy groups -OCH3 is 2. The molecule has 0 bridgehead atoms. The Labute approximate surface area is 166 Å². The van der Waals surface area contributed by atoms with Gasteiger partial charge in [0.05, 0.1) is 25.5 Å². The number of benzene rings is 2. The van der Waals surface area contributed by atoms with Gasteiger partial charge in [0.2, 0.25) is 5.56 Å². The molecule has 150 valence electrons. The molecule has 1 unspecified atom stereocenters. The highest BCUT2D eigenvalue weighted by atomic mass is 16.5. The third kappa shape index (κ3) is 4.37. The van der Waals surface area contributed by atoms with Crippen molar-refractivity contribution in [2.24, 2.45) is 0 Å². The maximum Gasteiger partial charge on any atom is 0.339 e. The van der Waals surface area contributed by atoms with Gasteiger partial charge in [-0.2, -0.15) is 0 Å². The molecule has 3 aromatic rings. The lowest BCUT2D eigenvalue weighted by Gasteiger charge is -2.16. The molecular weight excluding hydrogens is 376 g/mol. The fourth-order valence-electron chi connectivity index (χ4n) is 2.80. The van der Waals surface area contributed by atoms with Crippen molar-refractivity contribution in [1.82, 2.24) is 4.98 Å². The Bertz CT molecular complexity index is 1120. The van der Waals surface area contributed by atoms with E-state index in [1.54, 1.807) is 42.5 Å². The zero-order chi connectivity index (χ0) is 21.0. The van der Waals surface area contributed by atoms with Gasteiger partial charge in [0, 0.05) is 23.0 Å². The summed E-state index contributed by atoms with van der Waals surface area (Å²) in [5, 5.41) is 3.18. The second kappa shape index (κ2) is 8.47. The molecule has 0 saturated heterocycles. The van der Waals surface area contributed by atoms with Crippen molar-refractivity contribution in [3.05, 3.63) is 64.4 Å². The van der Waals surface area contributed by atoms with Crippen LogP contribution in [0.5, 0.6) is 11.5 Å². The molecule has 0 aliphatic rings. The summed E-state index contributed by atoms with van der Waals surface area (Å²) in [5.41, 5.74) is 0.531. The lowest BCUT2D eigenvalue weighted by atomic mass is 10.1. The highest BCUT2D eigenvalue weighted by molar-refractivity contribution is 6.04. The van der Waals surface area contributed by atoms with Crippen molar-refractivity contribution in [2.45, 2.75) is 13.0 Å². The molecule has 0 saturated carbocycles. The van der Waals surface area contributed by atoms with Crippen LogP contribution in [-0.2, 0) is 9.53 Å². The lowest BCUT2D eigenvalue weighted by molar-refractivity contribution is -0.123. The fraction of sp³-hybridized carbons (Fsp3) is 0.190. The van der Waals surface area contributed by atoms with Crippen LogP contribution in [0.2, 0.25) is 0 Å². The normalized spacial score (nSPS) is 11.6. The molecule has 0 radical (unpaired) electrons. The minimum absolute atomic E-state index is 0.0861. The van der Waals surface area contributed by atoms with Gasteiger partial charge in [0.15, 0.2) is 6.10 Å². The van der Waals surface area contributed by atoms with Crippen LogP contribution < -0.4 is 20.3 Å². The fourth-order valence-corrected chi connectivity index (χ4v) is 2.80. The topological polar surface area (TPSA) is 107 Å². The standard InChI is InChI=1S/C21H20N2O6/c1-12(20(25)23-17-10-13(27-2)8-9-18(17)28-3)29-21(26)15-11-19(24)22-16-7-5-4-6-14(15)16/h4-12H,1-3H3,(H,22,24)(H,23,25). The van der Waals surface area contributed by atoms with Crippen molar-refractivity contribution in [1.29, 1.82) is 0 Å². The zero-order valence-corrected chi connectivity index (χ0v) is 16.1. The van der Waals surface area contributed by atoms with E-state index in [1.807, 2.05) is 0 Å². The van der Waals surface area contributed by atoms with Crippen LogP contribution in [0.4, 0.5) is 5.69 Å². The SMILES string of the molecule is COc1ccc(OC)c(NC(=O)C(C)OC(=O)c2cc(=O)[nH]c3ccccc23)c1. The first-order valence-corrected chi connectivity index (χ1v) is 8.79. The predicted octanol–water partition coefficient (Wildman–Crippen LogP) is 2.73. The number of pyridine rings is 1. The zero-order valence-electron chi connectivity index (χ0n) is 16.1. The molecule has 2 aromatic carbocycles. The van der Waals surface area contributed by atoms with E-state index in [9.17, 15) is 14.4 Å². The average Bonchev–Trinajstić information content (AvgIpc) is 2.72. The summed E-state index contributed by atoms with van der Waals surface area (Å²) in [4.78, 5) is 39.6. The maximum absolute atomic E-state index is 12.6. The van der Waals surface area contributed by atoms with E-state index in [0.717, 1.165) is 6.07 Å². The van der Waals surface area contributed by atoms with E-state index in [2.05, 4.69) is 10.3 Å². The molecule has 8 nitrogen and oxygen atoms in total. The van der Waals surface area contributed by atoms with Gasteiger partial charge in [-0.25, -0.2) is 4.79 Å². The van der Waals surface area contributed by atoms with Crippen LogP contribution in [0.1, 0.15) is 17.3 Å². The Morgan fingerprint density at radius 1 is 1.03 bits per heavy atom. The molecule has 0 aliphatic carbocycles. The average molecular weight is 396 g/mol. The number of aromatic nitrogens is 1. The van der Waals surface area contributed by atoms with Gasteiger partial charge >= 0.3 is 5.97 Å². The number of H-pyrrole nitrogens is 1. The Morgan fingerprint density at radius 3 is 2.52 bits per heavy atom. The summed E-state index contributed by atoms with van der Waals surface area (Å²) in [6.07, 6.45) is -1.11. The molecular formula is C21H20N2O6. The summed E-state index contributed by atoms with van der Waals surface area (Å²) in [5.74, 6) is -0.370. The van der Waals surface area contributed by atoms with Crippen LogP contribution in [0.25, 0.3) is 10.9 Å². The van der Waals surface area contributed by atoms with Crippen LogP contribution in [-0.4, -0.2) is 37.2 Å². The minimum Gasteiger partial charge on any atom is -0.497 e. The van der Waals surface area contributed by atoms with Crippen molar-refractivity contribution in [3.63, 3.8) is 0 Å². The molecule has 3 rings (SSSR count). The monoisotopic (exact) mass is 396 g/mol. The van der Waals surface area contributed by atoms with Crippen LogP contribution in [0.15, 0.2) is 53.3 Å². The Balaban J connectivity index is 1.79. The second-order valence-electron chi connectivity index (χ2n) is 6.20. The molecule has 1 atom stereocenters. The number of rotatable bonds is 6. The number of hydrogen-bond donors (Lipinski definition) is 2. The van der Waals surface area contributed by atoms with Gasteiger partial charge in [0.25, 0.3) is 5.91 Å². The number of amides is 1. The quantitative estimate of drug-likeness (QED) is 0.621. The number of nitrogens with one attached hydrogen (secondary N) is 2. The summed E-state index contributed by atoms with van der Waals surface area (Å²) in [6, 6.07) is 12.9. The summed E-state index contributed by atoms with van der Waals surface area (Å²) in [7, 11) is 2.97. The molecule has 0 aliphatic heterocycles. The van der Waals surface area contributed by atoms with E-state index < -0.39 is 23.5 Å². The van der Waals surface area contributed by atoms with Gasteiger partial charge in [-0.15, -0.1) is 0 Å². The first kappa shape index (κ1) is 19.9. The largest absolute Gasteiger partial charge is 0.497 e. The molecule has 1 aromatic heterocycles. The Morgan fingerprint density at radius 2 is 1.79 bits per heavy atom. The number of hydrogen-bond acceptors (Lipinski definition) is 6. The van der Waals surface area contributed by atoms with E-state index in [-0.39, 0.29) is 5.56 Å². The van der Waals surface area contributed by atoms with Crippen molar-refractivity contribution in [3.8, 4) is 11.5 Å². The molecule has 29 heavy (non-hydrogen) atoms. The Hall–Kier alpha value is -3.81. The smallest absolute Gasteiger partial charge is 0.339 e. The third-order valence-corrected chi connectivity index (χ3v) is 4.29. The number of esters is 1. The summed E-state index contributed by atoms with van der Waals surface area (Å²) >= 11 is 0. The van der Waals surface area contributed by atoms with E-state index in [0.29, 0.717) is 28.1 Å². The third-order valence-electron chi connectivity index (χ3n) is 4.29. The number of anilines is 1. The van der Waals surface area contributed by atoms with Gasteiger partial charge < -0.3 is 24.5 Å². The van der Waals surface area contributed by atoms with Crippen LogP contribution in [0.3, 0.4) is 0 Å². The van der Waals surface area contributed by atoms with Crippen LogP contribution >= 0.6 is 0 Å². The van der Waals surface area contributed by atoms with Gasteiger partial charge in [-0.1, -0.05) is 18.2 Å².